The molecule has 80 valence electrons. The highest BCUT2D eigenvalue weighted by Gasteiger charge is 2.22. The summed E-state index contributed by atoms with van der Waals surface area (Å²) in [6.45, 7) is 0.852. The van der Waals surface area contributed by atoms with E-state index in [1.165, 1.54) is 6.07 Å². The largest absolute Gasteiger partial charge is 0.488 e. The molecule has 0 saturated carbocycles. The first-order chi connectivity index (χ1) is 7.22. The predicted molar refractivity (Wildman–Crippen MR) is 55.4 cm³/mol. The molecule has 0 aliphatic carbocycles. The first-order valence-corrected chi connectivity index (χ1v) is 4.68. The highest BCUT2D eigenvalue weighted by atomic mass is 16.5. The summed E-state index contributed by atoms with van der Waals surface area (Å²) in [5.74, 6) is -0.588. The van der Waals surface area contributed by atoms with Crippen molar-refractivity contribution in [2.24, 2.45) is 5.73 Å². The number of hydrogen-bond acceptors (Lipinski definition) is 4. The molecule has 0 amide bonds. The van der Waals surface area contributed by atoms with Gasteiger partial charge in [-0.3, -0.25) is 0 Å². The first kappa shape index (κ1) is 9.79. The van der Waals surface area contributed by atoms with Crippen LogP contribution in [0.3, 0.4) is 0 Å². The maximum Gasteiger partial charge on any atom is 0.339 e. The molecule has 2 rings (SSSR count). The Morgan fingerprint density at radius 1 is 1.67 bits per heavy atom. The Morgan fingerprint density at radius 2 is 2.47 bits per heavy atom. The SMILES string of the molecule is NCC1COc2c(cccc2C(=O)O)N1. The molecule has 15 heavy (non-hydrogen) atoms. The van der Waals surface area contributed by atoms with E-state index in [0.717, 1.165) is 0 Å². The fraction of sp³-hybridized carbons (Fsp3) is 0.300. The van der Waals surface area contributed by atoms with Gasteiger partial charge >= 0.3 is 5.97 Å². The minimum absolute atomic E-state index is 0.0431. The number of benzene rings is 1. The van der Waals surface area contributed by atoms with Crippen LogP contribution in [0.25, 0.3) is 0 Å². The lowest BCUT2D eigenvalue weighted by Crippen LogP contribution is -2.38. The maximum absolute atomic E-state index is 10.9. The minimum Gasteiger partial charge on any atom is -0.488 e. The van der Waals surface area contributed by atoms with Gasteiger partial charge < -0.3 is 20.9 Å². The molecule has 0 saturated heterocycles. The Kier molecular flexibility index (Phi) is 2.47. The molecule has 1 aliphatic heterocycles. The monoisotopic (exact) mass is 208 g/mol. The summed E-state index contributed by atoms with van der Waals surface area (Å²) in [4.78, 5) is 10.9. The zero-order valence-corrected chi connectivity index (χ0v) is 8.06. The molecule has 1 heterocycles. The second-order valence-corrected chi connectivity index (χ2v) is 3.38. The zero-order chi connectivity index (χ0) is 10.8. The molecule has 0 bridgehead atoms. The number of carboxylic acids is 1. The van der Waals surface area contributed by atoms with Crippen molar-refractivity contribution in [2.45, 2.75) is 6.04 Å². The number of rotatable bonds is 2. The van der Waals surface area contributed by atoms with Crippen LogP contribution in [0.2, 0.25) is 0 Å². The van der Waals surface area contributed by atoms with Gasteiger partial charge in [0.1, 0.15) is 12.2 Å². The summed E-state index contributed by atoms with van der Waals surface area (Å²) in [6, 6.07) is 5.02. The number of anilines is 1. The third-order valence-electron chi connectivity index (χ3n) is 2.32. The number of fused-ring (bicyclic) bond motifs is 1. The number of nitrogens with two attached hydrogens (primary N) is 1. The van der Waals surface area contributed by atoms with Gasteiger partial charge in [-0.25, -0.2) is 4.79 Å². The lowest BCUT2D eigenvalue weighted by molar-refractivity contribution is 0.0691. The topological polar surface area (TPSA) is 84.6 Å². The Bertz CT molecular complexity index is 392. The number of nitrogens with one attached hydrogen (secondary N) is 1. The zero-order valence-electron chi connectivity index (χ0n) is 8.06. The molecule has 5 heteroatoms. The van der Waals surface area contributed by atoms with Gasteiger partial charge in [0, 0.05) is 6.54 Å². The standard InChI is InChI=1S/C10H12N2O3/c11-4-6-5-15-9-7(10(13)14)2-1-3-8(9)12-6/h1-3,6,12H,4-5,11H2,(H,13,14). The fourth-order valence-corrected chi connectivity index (χ4v) is 1.55. The Balaban J connectivity index is 2.37. The van der Waals surface area contributed by atoms with E-state index in [-0.39, 0.29) is 11.6 Å². The maximum atomic E-state index is 10.9. The number of carboxylic acid groups (broad SMARTS) is 1. The normalized spacial score (nSPS) is 18.6. The van der Waals surface area contributed by atoms with Crippen LogP contribution in [0.4, 0.5) is 5.69 Å². The van der Waals surface area contributed by atoms with Crippen molar-refractivity contribution in [1.82, 2.24) is 0 Å². The molecule has 1 aromatic carbocycles. The summed E-state index contributed by atoms with van der Waals surface area (Å²) in [7, 11) is 0. The van der Waals surface area contributed by atoms with Crippen LogP contribution in [0.1, 0.15) is 10.4 Å². The van der Waals surface area contributed by atoms with Gasteiger partial charge in [0.05, 0.1) is 11.7 Å². The van der Waals surface area contributed by atoms with E-state index >= 15 is 0 Å². The molecule has 1 aromatic rings. The number of para-hydroxylation sites is 1. The predicted octanol–water partition coefficient (Wildman–Crippen LogP) is 0.516. The van der Waals surface area contributed by atoms with E-state index in [4.69, 9.17) is 15.6 Å². The Morgan fingerprint density at radius 3 is 3.13 bits per heavy atom. The van der Waals surface area contributed by atoms with Crippen LogP contribution >= 0.6 is 0 Å². The summed E-state index contributed by atoms with van der Waals surface area (Å²) in [5.41, 5.74) is 6.37. The average Bonchev–Trinajstić information content (AvgIpc) is 2.27. The van der Waals surface area contributed by atoms with Gasteiger partial charge in [0.15, 0.2) is 5.75 Å². The fourth-order valence-electron chi connectivity index (χ4n) is 1.55. The van der Waals surface area contributed by atoms with E-state index < -0.39 is 5.97 Å². The second kappa shape index (κ2) is 3.78. The van der Waals surface area contributed by atoms with Gasteiger partial charge in [-0.1, -0.05) is 6.07 Å². The van der Waals surface area contributed by atoms with Crippen LogP contribution in [0.15, 0.2) is 18.2 Å². The van der Waals surface area contributed by atoms with Gasteiger partial charge in [0.25, 0.3) is 0 Å². The molecule has 1 aliphatic rings. The number of ether oxygens (including phenoxy) is 1. The molecular formula is C10H12N2O3. The number of carbonyl (C=O) groups is 1. The summed E-state index contributed by atoms with van der Waals surface area (Å²) >= 11 is 0. The second-order valence-electron chi connectivity index (χ2n) is 3.38. The third-order valence-corrected chi connectivity index (χ3v) is 2.32. The van der Waals surface area contributed by atoms with Gasteiger partial charge in [-0.2, -0.15) is 0 Å². The van der Waals surface area contributed by atoms with Crippen LogP contribution in [-0.2, 0) is 0 Å². The van der Waals surface area contributed by atoms with E-state index in [1.54, 1.807) is 12.1 Å². The summed E-state index contributed by atoms with van der Waals surface area (Å²) in [6.07, 6.45) is 0. The van der Waals surface area contributed by atoms with Crippen LogP contribution in [0.5, 0.6) is 5.75 Å². The molecular weight excluding hydrogens is 196 g/mol. The Labute approximate surface area is 86.8 Å². The lowest BCUT2D eigenvalue weighted by Gasteiger charge is -2.27. The minimum atomic E-state index is -0.986. The van der Waals surface area contributed by atoms with E-state index in [2.05, 4.69) is 5.32 Å². The lowest BCUT2D eigenvalue weighted by atomic mass is 10.1. The van der Waals surface area contributed by atoms with Gasteiger partial charge in [-0.05, 0) is 12.1 Å². The van der Waals surface area contributed by atoms with Gasteiger partial charge in [0.2, 0.25) is 0 Å². The van der Waals surface area contributed by atoms with Crippen molar-refractivity contribution in [3.05, 3.63) is 23.8 Å². The smallest absolute Gasteiger partial charge is 0.339 e. The number of aromatic carboxylic acids is 1. The van der Waals surface area contributed by atoms with Gasteiger partial charge in [-0.15, -0.1) is 0 Å². The first-order valence-electron chi connectivity index (χ1n) is 4.68. The van der Waals surface area contributed by atoms with E-state index in [0.29, 0.717) is 24.6 Å². The molecule has 0 fully saturated rings. The third kappa shape index (κ3) is 1.73. The van der Waals surface area contributed by atoms with Crippen molar-refractivity contribution in [3.63, 3.8) is 0 Å². The molecule has 0 spiro atoms. The van der Waals surface area contributed by atoms with Crippen LogP contribution < -0.4 is 15.8 Å². The highest BCUT2D eigenvalue weighted by molar-refractivity contribution is 5.93. The average molecular weight is 208 g/mol. The summed E-state index contributed by atoms with van der Waals surface area (Å²) in [5, 5.41) is 12.1. The quantitative estimate of drug-likeness (QED) is 0.659. The van der Waals surface area contributed by atoms with Crippen molar-refractivity contribution in [1.29, 1.82) is 0 Å². The Hall–Kier alpha value is -1.75. The van der Waals surface area contributed by atoms with Crippen molar-refractivity contribution < 1.29 is 14.6 Å². The van der Waals surface area contributed by atoms with Crippen molar-refractivity contribution in [3.8, 4) is 5.75 Å². The molecule has 5 nitrogen and oxygen atoms in total. The molecule has 1 unspecified atom stereocenters. The van der Waals surface area contributed by atoms with E-state index in [9.17, 15) is 4.79 Å². The van der Waals surface area contributed by atoms with Crippen molar-refractivity contribution in [2.75, 3.05) is 18.5 Å². The molecule has 4 N–H and O–H groups in total. The number of hydrogen-bond donors (Lipinski definition) is 3. The summed E-state index contributed by atoms with van der Waals surface area (Å²) < 4.78 is 5.40. The van der Waals surface area contributed by atoms with Crippen LogP contribution in [-0.4, -0.2) is 30.3 Å². The molecule has 1 atom stereocenters. The van der Waals surface area contributed by atoms with Crippen molar-refractivity contribution >= 4 is 11.7 Å². The highest BCUT2D eigenvalue weighted by Crippen LogP contribution is 2.32. The van der Waals surface area contributed by atoms with E-state index in [1.807, 2.05) is 0 Å². The van der Waals surface area contributed by atoms with Crippen LogP contribution in [0, 0.1) is 0 Å². The molecule has 0 radical (unpaired) electrons. The molecule has 0 aromatic heterocycles.